The zero-order chi connectivity index (χ0) is 14.2. The smallest absolute Gasteiger partial charge is 0.410 e. The van der Waals surface area contributed by atoms with Crippen LogP contribution in [0.5, 0.6) is 0 Å². The van der Waals surface area contributed by atoms with E-state index in [4.69, 9.17) is 4.74 Å². The van der Waals surface area contributed by atoms with Crippen molar-refractivity contribution < 1.29 is 9.53 Å². The Balaban J connectivity index is 2.17. The van der Waals surface area contributed by atoms with Crippen molar-refractivity contribution in [1.29, 1.82) is 0 Å². The number of amides is 1. The summed E-state index contributed by atoms with van der Waals surface area (Å²) in [7, 11) is 1.88. The lowest BCUT2D eigenvalue weighted by atomic mass is 10.2. The minimum Gasteiger partial charge on any atom is -0.444 e. The summed E-state index contributed by atoms with van der Waals surface area (Å²) < 4.78 is 7.96. The van der Waals surface area contributed by atoms with E-state index in [0.717, 1.165) is 18.7 Å². The van der Waals surface area contributed by atoms with E-state index in [9.17, 15) is 4.79 Å². The number of halogens is 1. The highest BCUT2D eigenvalue weighted by Gasteiger charge is 2.35. The number of carbonyl (C=O) groups excluding carboxylic acids is 1. The van der Waals surface area contributed by atoms with E-state index in [0.29, 0.717) is 11.3 Å². The molecule has 0 aliphatic carbocycles. The normalized spacial score (nSPS) is 19.8. The van der Waals surface area contributed by atoms with Crippen LogP contribution in [0.1, 0.15) is 45.5 Å². The van der Waals surface area contributed by atoms with Crippen molar-refractivity contribution in [3.63, 3.8) is 0 Å². The molecule has 0 saturated carbocycles. The lowest BCUT2D eigenvalue weighted by molar-refractivity contribution is 0.0216. The Morgan fingerprint density at radius 3 is 2.63 bits per heavy atom. The van der Waals surface area contributed by atoms with E-state index in [2.05, 4.69) is 26.1 Å². The summed E-state index contributed by atoms with van der Waals surface area (Å²) in [5, 5.41) is 8.12. The molecule has 0 radical (unpaired) electrons. The monoisotopic (exact) mass is 330 g/mol. The van der Waals surface area contributed by atoms with Crippen molar-refractivity contribution in [3.8, 4) is 0 Å². The molecular formula is C12H19BrN4O2. The van der Waals surface area contributed by atoms with Gasteiger partial charge in [0.05, 0.1) is 6.04 Å². The molecule has 1 fully saturated rings. The van der Waals surface area contributed by atoms with Crippen molar-refractivity contribution in [2.24, 2.45) is 7.05 Å². The van der Waals surface area contributed by atoms with Gasteiger partial charge in [-0.25, -0.2) is 4.79 Å². The van der Waals surface area contributed by atoms with Crippen LogP contribution in [-0.4, -0.2) is 37.9 Å². The SMILES string of the molecule is Cn1c(Br)nnc1[C@H]1CCCN1C(=O)OC(C)(C)C. The minimum absolute atomic E-state index is 0.0568. The largest absolute Gasteiger partial charge is 0.444 e. The van der Waals surface area contributed by atoms with Crippen molar-refractivity contribution in [1.82, 2.24) is 19.7 Å². The van der Waals surface area contributed by atoms with Gasteiger partial charge in [-0.15, -0.1) is 10.2 Å². The molecule has 0 aromatic carbocycles. The summed E-state index contributed by atoms with van der Waals surface area (Å²) in [4.78, 5) is 13.9. The van der Waals surface area contributed by atoms with Crippen LogP contribution < -0.4 is 0 Å². The average molecular weight is 331 g/mol. The fraction of sp³-hybridized carbons (Fsp3) is 0.750. The van der Waals surface area contributed by atoms with Crippen LogP contribution in [-0.2, 0) is 11.8 Å². The maximum absolute atomic E-state index is 12.2. The number of hydrogen-bond acceptors (Lipinski definition) is 4. The second kappa shape index (κ2) is 5.11. The zero-order valence-electron chi connectivity index (χ0n) is 11.7. The molecule has 0 N–H and O–H groups in total. The molecule has 1 aliphatic heterocycles. The molecule has 1 atom stereocenters. The van der Waals surface area contributed by atoms with Gasteiger partial charge in [0.2, 0.25) is 0 Å². The van der Waals surface area contributed by atoms with Gasteiger partial charge >= 0.3 is 6.09 Å². The summed E-state index contributed by atoms with van der Waals surface area (Å²) in [5.74, 6) is 0.787. The predicted octanol–water partition coefficient (Wildman–Crippen LogP) is 2.65. The van der Waals surface area contributed by atoms with Crippen molar-refractivity contribution in [2.45, 2.75) is 45.3 Å². The van der Waals surface area contributed by atoms with E-state index in [-0.39, 0.29) is 12.1 Å². The third kappa shape index (κ3) is 3.08. The first-order chi connectivity index (χ1) is 8.79. The van der Waals surface area contributed by atoms with E-state index in [1.54, 1.807) is 4.90 Å². The second-order valence-corrected chi connectivity index (χ2v) is 6.43. The number of rotatable bonds is 1. The highest BCUT2D eigenvalue weighted by Crippen LogP contribution is 2.32. The van der Waals surface area contributed by atoms with Gasteiger partial charge in [0.1, 0.15) is 5.60 Å². The topological polar surface area (TPSA) is 60.2 Å². The molecule has 1 aromatic rings. The number of likely N-dealkylation sites (tertiary alicyclic amines) is 1. The van der Waals surface area contributed by atoms with Crippen LogP contribution in [0, 0.1) is 0 Å². The Hall–Kier alpha value is -1.11. The second-order valence-electron chi connectivity index (χ2n) is 5.72. The Kier molecular flexibility index (Phi) is 3.85. The quantitative estimate of drug-likeness (QED) is 0.794. The number of aromatic nitrogens is 3. The molecule has 1 aromatic heterocycles. The first kappa shape index (κ1) is 14.3. The molecule has 2 heterocycles. The molecule has 19 heavy (non-hydrogen) atoms. The van der Waals surface area contributed by atoms with Gasteiger partial charge in [-0.2, -0.15) is 0 Å². The van der Waals surface area contributed by atoms with Crippen molar-refractivity contribution in [2.75, 3.05) is 6.54 Å². The van der Waals surface area contributed by atoms with Gasteiger partial charge in [0, 0.05) is 13.6 Å². The maximum atomic E-state index is 12.2. The molecular weight excluding hydrogens is 312 g/mol. The highest BCUT2D eigenvalue weighted by atomic mass is 79.9. The molecule has 7 heteroatoms. The van der Waals surface area contributed by atoms with Crippen LogP contribution in [0.3, 0.4) is 0 Å². The lowest BCUT2D eigenvalue weighted by Gasteiger charge is -2.28. The Labute approximate surface area is 121 Å². The molecule has 1 saturated heterocycles. The minimum atomic E-state index is -0.481. The van der Waals surface area contributed by atoms with Crippen LogP contribution in [0.2, 0.25) is 0 Å². The maximum Gasteiger partial charge on any atom is 0.410 e. The standard InChI is InChI=1S/C12H19BrN4O2/c1-12(2,3)19-11(18)17-7-5-6-8(17)9-14-15-10(13)16(9)4/h8H,5-7H2,1-4H3/t8-/m1/s1. The van der Waals surface area contributed by atoms with Gasteiger partial charge in [0.25, 0.3) is 0 Å². The summed E-state index contributed by atoms with van der Waals surface area (Å²) in [6.07, 6.45) is 1.56. The Morgan fingerprint density at radius 1 is 1.42 bits per heavy atom. The van der Waals surface area contributed by atoms with E-state index < -0.39 is 5.60 Å². The van der Waals surface area contributed by atoms with Crippen LogP contribution in [0.4, 0.5) is 4.79 Å². The van der Waals surface area contributed by atoms with Crippen LogP contribution in [0.25, 0.3) is 0 Å². The highest BCUT2D eigenvalue weighted by molar-refractivity contribution is 9.10. The molecule has 1 aliphatic rings. The van der Waals surface area contributed by atoms with Crippen LogP contribution >= 0.6 is 15.9 Å². The summed E-state index contributed by atoms with van der Waals surface area (Å²) in [6.45, 7) is 6.31. The lowest BCUT2D eigenvalue weighted by Crippen LogP contribution is -2.37. The Bertz CT molecular complexity index is 481. The summed E-state index contributed by atoms with van der Waals surface area (Å²) in [6, 6.07) is -0.0568. The molecule has 0 bridgehead atoms. The van der Waals surface area contributed by atoms with E-state index in [1.165, 1.54) is 0 Å². The zero-order valence-corrected chi connectivity index (χ0v) is 13.3. The number of hydrogen-bond donors (Lipinski definition) is 0. The van der Waals surface area contributed by atoms with Gasteiger partial charge in [-0.1, -0.05) is 0 Å². The number of nitrogens with zero attached hydrogens (tertiary/aromatic N) is 4. The first-order valence-corrected chi connectivity index (χ1v) is 7.13. The van der Waals surface area contributed by atoms with Crippen molar-refractivity contribution >= 4 is 22.0 Å². The van der Waals surface area contributed by atoms with Gasteiger partial charge in [0.15, 0.2) is 10.6 Å². The molecule has 0 unspecified atom stereocenters. The van der Waals surface area contributed by atoms with Crippen LogP contribution in [0.15, 0.2) is 4.73 Å². The summed E-state index contributed by atoms with van der Waals surface area (Å²) >= 11 is 3.32. The Morgan fingerprint density at radius 2 is 2.11 bits per heavy atom. The summed E-state index contributed by atoms with van der Waals surface area (Å²) in [5.41, 5.74) is -0.481. The molecule has 0 spiro atoms. The van der Waals surface area contributed by atoms with Gasteiger partial charge < -0.3 is 9.30 Å². The number of ether oxygens (including phenoxy) is 1. The first-order valence-electron chi connectivity index (χ1n) is 6.34. The van der Waals surface area contributed by atoms with E-state index in [1.807, 2.05) is 32.4 Å². The van der Waals surface area contributed by atoms with Gasteiger partial charge in [-0.3, -0.25) is 4.90 Å². The fourth-order valence-corrected chi connectivity index (χ4v) is 2.45. The molecule has 2 rings (SSSR count). The van der Waals surface area contributed by atoms with Gasteiger partial charge in [-0.05, 0) is 49.5 Å². The van der Waals surface area contributed by atoms with Crippen molar-refractivity contribution in [3.05, 3.63) is 10.6 Å². The third-order valence-corrected chi connectivity index (χ3v) is 3.72. The fourth-order valence-electron chi connectivity index (χ4n) is 2.19. The van der Waals surface area contributed by atoms with E-state index >= 15 is 0 Å². The predicted molar refractivity (Wildman–Crippen MR) is 73.6 cm³/mol. The average Bonchev–Trinajstić information content (AvgIpc) is 2.85. The number of carbonyl (C=O) groups is 1. The molecule has 6 nitrogen and oxygen atoms in total. The molecule has 106 valence electrons. The molecule has 1 amide bonds. The third-order valence-electron chi connectivity index (χ3n) is 3.03.